The maximum atomic E-state index is 13.3. The van der Waals surface area contributed by atoms with E-state index in [9.17, 15) is 9.18 Å². The molecule has 0 bridgehead atoms. The summed E-state index contributed by atoms with van der Waals surface area (Å²) in [4.78, 5) is 12.8. The molecule has 1 heterocycles. The van der Waals surface area contributed by atoms with Crippen LogP contribution < -0.4 is 10.1 Å². The molecular formula is C24H20FN3O2S. The van der Waals surface area contributed by atoms with E-state index in [1.807, 2.05) is 43.3 Å². The number of methoxy groups -OCH3 is 1. The molecule has 4 aromatic rings. The maximum Gasteiger partial charge on any atom is 0.237 e. The summed E-state index contributed by atoms with van der Waals surface area (Å²) in [5.41, 5.74) is 2.07. The number of amides is 1. The minimum Gasteiger partial charge on any atom is -0.495 e. The second kappa shape index (κ2) is 9.14. The Kier molecular flexibility index (Phi) is 6.13. The summed E-state index contributed by atoms with van der Waals surface area (Å²) >= 11 is 1.33. The van der Waals surface area contributed by atoms with Crippen molar-refractivity contribution in [2.24, 2.45) is 0 Å². The number of para-hydroxylation sites is 2. The highest BCUT2D eigenvalue weighted by Crippen LogP contribution is 2.34. The van der Waals surface area contributed by atoms with Crippen LogP contribution in [0.25, 0.3) is 22.0 Å². The second-order valence-electron chi connectivity index (χ2n) is 6.86. The average molecular weight is 434 g/mol. The van der Waals surface area contributed by atoms with Crippen molar-refractivity contribution in [3.05, 3.63) is 78.6 Å². The molecule has 0 aliphatic rings. The van der Waals surface area contributed by atoms with Crippen LogP contribution in [0, 0.1) is 5.82 Å². The molecule has 0 fully saturated rings. The molecule has 3 aromatic carbocycles. The summed E-state index contributed by atoms with van der Waals surface area (Å²) in [6, 6.07) is 21.2. The molecule has 0 saturated carbocycles. The minimum atomic E-state index is -0.417. The van der Waals surface area contributed by atoms with E-state index in [2.05, 4.69) is 15.5 Å². The van der Waals surface area contributed by atoms with Gasteiger partial charge in [0.15, 0.2) is 0 Å². The number of aromatic nitrogens is 2. The molecule has 156 valence electrons. The number of rotatable bonds is 6. The highest BCUT2D eigenvalue weighted by Gasteiger charge is 2.20. The van der Waals surface area contributed by atoms with Gasteiger partial charge in [0.05, 0.1) is 18.0 Å². The van der Waals surface area contributed by atoms with Crippen LogP contribution in [0.1, 0.15) is 6.92 Å². The highest BCUT2D eigenvalue weighted by atomic mass is 32.2. The van der Waals surface area contributed by atoms with E-state index in [1.165, 1.54) is 23.9 Å². The number of benzene rings is 3. The zero-order valence-corrected chi connectivity index (χ0v) is 17.8. The summed E-state index contributed by atoms with van der Waals surface area (Å²) < 4.78 is 18.6. The van der Waals surface area contributed by atoms with Crippen LogP contribution in [0.2, 0.25) is 0 Å². The first-order valence-corrected chi connectivity index (χ1v) is 10.6. The molecule has 0 radical (unpaired) electrons. The summed E-state index contributed by atoms with van der Waals surface area (Å²) in [5, 5.41) is 13.7. The van der Waals surface area contributed by atoms with Crippen LogP contribution in [-0.2, 0) is 4.79 Å². The number of thioether (sulfide) groups is 1. The van der Waals surface area contributed by atoms with Crippen molar-refractivity contribution in [3.8, 4) is 17.0 Å². The molecule has 31 heavy (non-hydrogen) atoms. The Morgan fingerprint density at radius 2 is 1.65 bits per heavy atom. The summed E-state index contributed by atoms with van der Waals surface area (Å²) in [6.45, 7) is 1.82. The largest absolute Gasteiger partial charge is 0.495 e. The van der Waals surface area contributed by atoms with E-state index in [-0.39, 0.29) is 11.7 Å². The quantitative estimate of drug-likeness (QED) is 0.403. The fraction of sp³-hybridized carbons (Fsp3) is 0.125. The fourth-order valence-corrected chi connectivity index (χ4v) is 4.08. The van der Waals surface area contributed by atoms with Gasteiger partial charge in [0.1, 0.15) is 22.3 Å². The van der Waals surface area contributed by atoms with Gasteiger partial charge in [-0.2, -0.15) is 0 Å². The SMILES string of the molecule is COc1ccccc1NC(=O)C(C)Sc1nnc(-c2ccc(F)cc2)c2ccccc12. The standard InChI is InChI=1S/C24H20FN3O2S/c1-15(23(29)26-20-9-5-6-10-21(20)30-2)31-24-19-8-4-3-7-18(19)22(27-28-24)16-11-13-17(25)14-12-16/h3-15H,1-2H3,(H,26,29). The Labute approximate surface area is 183 Å². The molecule has 1 unspecified atom stereocenters. The lowest BCUT2D eigenvalue weighted by molar-refractivity contribution is -0.115. The van der Waals surface area contributed by atoms with Crippen LogP contribution in [-0.4, -0.2) is 28.5 Å². The van der Waals surface area contributed by atoms with Gasteiger partial charge < -0.3 is 10.1 Å². The normalized spacial score (nSPS) is 11.8. The third kappa shape index (κ3) is 4.51. The maximum absolute atomic E-state index is 13.3. The molecule has 0 saturated heterocycles. The Morgan fingerprint density at radius 3 is 2.39 bits per heavy atom. The number of ether oxygens (including phenoxy) is 1. The molecule has 1 amide bonds. The zero-order valence-electron chi connectivity index (χ0n) is 17.0. The van der Waals surface area contributed by atoms with E-state index >= 15 is 0 Å². The van der Waals surface area contributed by atoms with Gasteiger partial charge in [-0.3, -0.25) is 4.79 Å². The molecule has 1 aromatic heterocycles. The van der Waals surface area contributed by atoms with Gasteiger partial charge >= 0.3 is 0 Å². The predicted molar refractivity (Wildman–Crippen MR) is 122 cm³/mol. The van der Waals surface area contributed by atoms with Gasteiger partial charge in [-0.15, -0.1) is 10.2 Å². The molecule has 1 N–H and O–H groups in total. The smallest absolute Gasteiger partial charge is 0.237 e. The van der Waals surface area contributed by atoms with Crippen molar-refractivity contribution in [1.82, 2.24) is 10.2 Å². The minimum absolute atomic E-state index is 0.164. The fourth-order valence-electron chi connectivity index (χ4n) is 3.19. The summed E-state index contributed by atoms with van der Waals surface area (Å²) in [6.07, 6.45) is 0. The number of nitrogens with one attached hydrogen (secondary N) is 1. The number of nitrogens with zero attached hydrogens (tertiary/aromatic N) is 2. The van der Waals surface area contributed by atoms with Gasteiger partial charge in [-0.25, -0.2) is 4.39 Å². The van der Waals surface area contributed by atoms with Crippen molar-refractivity contribution in [2.45, 2.75) is 17.2 Å². The number of anilines is 1. The second-order valence-corrected chi connectivity index (χ2v) is 8.19. The van der Waals surface area contributed by atoms with Crippen molar-refractivity contribution in [3.63, 3.8) is 0 Å². The number of carbonyl (C=O) groups excluding carboxylic acids is 1. The molecule has 5 nitrogen and oxygen atoms in total. The van der Waals surface area contributed by atoms with Gasteiger partial charge in [-0.05, 0) is 43.3 Å². The first-order valence-electron chi connectivity index (χ1n) is 9.68. The monoisotopic (exact) mass is 433 g/mol. The number of halogens is 1. The number of carbonyl (C=O) groups is 1. The Hall–Kier alpha value is -3.45. The average Bonchev–Trinajstić information content (AvgIpc) is 2.80. The molecule has 7 heteroatoms. The van der Waals surface area contributed by atoms with E-state index in [1.54, 1.807) is 31.4 Å². The third-order valence-corrected chi connectivity index (χ3v) is 5.89. The van der Waals surface area contributed by atoms with Crippen LogP contribution in [0.4, 0.5) is 10.1 Å². The van der Waals surface area contributed by atoms with Crippen molar-refractivity contribution in [1.29, 1.82) is 0 Å². The zero-order chi connectivity index (χ0) is 21.8. The highest BCUT2D eigenvalue weighted by molar-refractivity contribution is 8.00. The van der Waals surface area contributed by atoms with Crippen LogP contribution >= 0.6 is 11.8 Å². The Bertz CT molecular complexity index is 1230. The van der Waals surface area contributed by atoms with Gasteiger partial charge in [0.25, 0.3) is 0 Å². The van der Waals surface area contributed by atoms with Crippen LogP contribution in [0.3, 0.4) is 0 Å². The van der Waals surface area contributed by atoms with Crippen LogP contribution in [0.5, 0.6) is 5.75 Å². The lowest BCUT2D eigenvalue weighted by Crippen LogP contribution is -2.22. The van der Waals surface area contributed by atoms with E-state index in [0.717, 1.165) is 16.3 Å². The number of fused-ring (bicyclic) bond motifs is 1. The molecule has 1 atom stereocenters. The summed E-state index contributed by atoms with van der Waals surface area (Å²) in [5.74, 6) is 0.132. The topological polar surface area (TPSA) is 64.1 Å². The van der Waals surface area contributed by atoms with Gasteiger partial charge in [-0.1, -0.05) is 48.2 Å². The van der Waals surface area contributed by atoms with Gasteiger partial charge in [0.2, 0.25) is 5.91 Å². The van der Waals surface area contributed by atoms with Crippen molar-refractivity contribution >= 4 is 34.1 Å². The van der Waals surface area contributed by atoms with Crippen molar-refractivity contribution in [2.75, 3.05) is 12.4 Å². The predicted octanol–water partition coefficient (Wildman–Crippen LogP) is 5.56. The Morgan fingerprint density at radius 1 is 0.968 bits per heavy atom. The first kappa shape index (κ1) is 20.8. The van der Waals surface area contributed by atoms with E-state index < -0.39 is 5.25 Å². The Balaban J connectivity index is 1.60. The van der Waals surface area contributed by atoms with Crippen molar-refractivity contribution < 1.29 is 13.9 Å². The third-order valence-electron chi connectivity index (χ3n) is 4.79. The summed E-state index contributed by atoms with van der Waals surface area (Å²) in [7, 11) is 1.56. The lowest BCUT2D eigenvalue weighted by atomic mass is 10.1. The molecule has 0 spiro atoms. The molecular weight excluding hydrogens is 413 g/mol. The first-order chi connectivity index (χ1) is 15.1. The lowest BCUT2D eigenvalue weighted by Gasteiger charge is -2.15. The van der Waals surface area contributed by atoms with E-state index in [4.69, 9.17) is 4.74 Å². The number of hydrogen-bond donors (Lipinski definition) is 1. The van der Waals surface area contributed by atoms with Gasteiger partial charge in [0, 0.05) is 16.3 Å². The molecule has 4 rings (SSSR count). The number of hydrogen-bond acceptors (Lipinski definition) is 5. The van der Waals surface area contributed by atoms with Crippen LogP contribution in [0.15, 0.2) is 77.8 Å². The molecule has 0 aliphatic heterocycles. The molecule has 0 aliphatic carbocycles. The van der Waals surface area contributed by atoms with E-state index in [0.29, 0.717) is 22.2 Å².